The summed E-state index contributed by atoms with van der Waals surface area (Å²) in [4.78, 5) is 11.6. The first kappa shape index (κ1) is 14.5. The Hall–Kier alpha value is -1.55. The lowest BCUT2D eigenvalue weighted by Crippen LogP contribution is -2.45. The van der Waals surface area contributed by atoms with Crippen molar-refractivity contribution in [3.63, 3.8) is 0 Å². The number of phenolic OH excluding ortho intramolecular Hbond substituents is 1. The van der Waals surface area contributed by atoms with E-state index in [2.05, 4.69) is 10.6 Å². The maximum absolute atomic E-state index is 11.6. The van der Waals surface area contributed by atoms with Crippen LogP contribution in [0.15, 0.2) is 24.3 Å². The van der Waals surface area contributed by atoms with Gasteiger partial charge in [0.1, 0.15) is 5.75 Å². The molecule has 3 N–H and O–H groups in total. The normalized spacial score (nSPS) is 13.1. The van der Waals surface area contributed by atoms with E-state index in [1.165, 1.54) is 0 Å². The molecule has 0 heterocycles. The molecule has 100 valence electrons. The first-order chi connectivity index (χ1) is 8.29. The molecule has 0 aromatic heterocycles. The van der Waals surface area contributed by atoms with Gasteiger partial charge < -0.3 is 15.7 Å². The van der Waals surface area contributed by atoms with Crippen LogP contribution < -0.4 is 10.6 Å². The number of rotatable bonds is 4. The van der Waals surface area contributed by atoms with E-state index in [1.807, 2.05) is 39.8 Å². The summed E-state index contributed by atoms with van der Waals surface area (Å²) in [7, 11) is 0. The zero-order valence-electron chi connectivity index (χ0n) is 11.4. The molecule has 0 aliphatic carbocycles. The van der Waals surface area contributed by atoms with Gasteiger partial charge in [-0.3, -0.25) is 4.79 Å². The van der Waals surface area contributed by atoms with Crippen LogP contribution in [-0.2, 0) is 4.79 Å². The molecule has 18 heavy (non-hydrogen) atoms. The minimum atomic E-state index is -0.225. The largest absolute Gasteiger partial charge is 0.508 e. The van der Waals surface area contributed by atoms with Gasteiger partial charge in [-0.2, -0.15) is 0 Å². The summed E-state index contributed by atoms with van der Waals surface area (Å²) in [6, 6.07) is 7.05. The van der Waals surface area contributed by atoms with Gasteiger partial charge in [-0.05, 0) is 33.8 Å². The van der Waals surface area contributed by atoms with Crippen molar-refractivity contribution in [1.29, 1.82) is 0 Å². The molecule has 4 heteroatoms. The number of hydrogen-bond donors (Lipinski definition) is 3. The van der Waals surface area contributed by atoms with E-state index in [9.17, 15) is 9.90 Å². The lowest BCUT2D eigenvalue weighted by Gasteiger charge is -2.22. The zero-order valence-corrected chi connectivity index (χ0v) is 11.4. The van der Waals surface area contributed by atoms with Gasteiger partial charge in [0.2, 0.25) is 5.91 Å². The maximum Gasteiger partial charge on any atom is 0.234 e. The summed E-state index contributed by atoms with van der Waals surface area (Å²) in [6.07, 6.45) is 0. The third-order valence-electron chi connectivity index (χ3n) is 2.49. The van der Waals surface area contributed by atoms with Crippen LogP contribution >= 0.6 is 0 Å². The fourth-order valence-electron chi connectivity index (χ4n) is 1.67. The Morgan fingerprint density at radius 3 is 2.50 bits per heavy atom. The quantitative estimate of drug-likeness (QED) is 0.765. The van der Waals surface area contributed by atoms with Gasteiger partial charge in [-0.1, -0.05) is 18.2 Å². The van der Waals surface area contributed by atoms with Crippen LogP contribution in [0.25, 0.3) is 0 Å². The Balaban J connectivity index is 2.49. The van der Waals surface area contributed by atoms with Crippen molar-refractivity contribution >= 4 is 5.91 Å². The summed E-state index contributed by atoms with van der Waals surface area (Å²) < 4.78 is 0. The van der Waals surface area contributed by atoms with Crippen molar-refractivity contribution in [2.24, 2.45) is 0 Å². The number of amides is 1. The van der Waals surface area contributed by atoms with Crippen LogP contribution in [0.4, 0.5) is 0 Å². The Labute approximate surface area is 108 Å². The number of benzene rings is 1. The van der Waals surface area contributed by atoms with E-state index < -0.39 is 0 Å². The van der Waals surface area contributed by atoms with Gasteiger partial charge in [0.25, 0.3) is 0 Å². The van der Waals surface area contributed by atoms with Crippen LogP contribution in [0.2, 0.25) is 0 Å². The van der Waals surface area contributed by atoms with E-state index >= 15 is 0 Å². The number of phenols is 1. The molecule has 1 unspecified atom stereocenters. The third-order valence-corrected chi connectivity index (χ3v) is 2.49. The second-order valence-corrected chi connectivity index (χ2v) is 5.46. The molecule has 0 spiro atoms. The molecule has 1 rings (SSSR count). The molecular weight excluding hydrogens is 228 g/mol. The summed E-state index contributed by atoms with van der Waals surface area (Å²) in [6.45, 7) is 7.97. The molecule has 0 aliphatic rings. The fraction of sp³-hybridized carbons (Fsp3) is 0.500. The third kappa shape index (κ3) is 4.75. The first-order valence-corrected chi connectivity index (χ1v) is 6.12. The van der Waals surface area contributed by atoms with Crippen molar-refractivity contribution in [3.8, 4) is 5.75 Å². The van der Waals surface area contributed by atoms with Gasteiger partial charge in [-0.25, -0.2) is 0 Å². The monoisotopic (exact) mass is 250 g/mol. The average Bonchev–Trinajstić information content (AvgIpc) is 2.24. The van der Waals surface area contributed by atoms with Crippen molar-refractivity contribution < 1.29 is 9.90 Å². The molecule has 0 fully saturated rings. The molecule has 1 aromatic rings. The van der Waals surface area contributed by atoms with Crippen LogP contribution in [0.1, 0.15) is 39.3 Å². The van der Waals surface area contributed by atoms with Gasteiger partial charge in [0.05, 0.1) is 6.54 Å². The van der Waals surface area contributed by atoms with E-state index in [1.54, 1.807) is 12.1 Å². The fourth-order valence-corrected chi connectivity index (χ4v) is 1.67. The number of carbonyl (C=O) groups is 1. The number of para-hydroxylation sites is 1. The van der Waals surface area contributed by atoms with E-state index in [-0.39, 0.29) is 29.8 Å². The minimum absolute atomic E-state index is 0.0511. The SMILES string of the molecule is CC(NCC(=O)NC(C)(C)C)c1ccccc1O. The molecule has 0 radical (unpaired) electrons. The molecule has 1 atom stereocenters. The number of hydrogen-bond acceptors (Lipinski definition) is 3. The molecule has 0 aliphatic heterocycles. The van der Waals surface area contributed by atoms with E-state index in [0.717, 1.165) is 5.56 Å². The summed E-state index contributed by atoms with van der Waals surface area (Å²) >= 11 is 0. The second kappa shape index (κ2) is 5.87. The molecule has 1 amide bonds. The number of carbonyl (C=O) groups excluding carboxylic acids is 1. The summed E-state index contributed by atoms with van der Waals surface area (Å²) in [5.74, 6) is 0.193. The first-order valence-electron chi connectivity index (χ1n) is 6.12. The van der Waals surface area contributed by atoms with Gasteiger partial charge in [0.15, 0.2) is 0 Å². The van der Waals surface area contributed by atoms with Crippen LogP contribution in [0.5, 0.6) is 5.75 Å². The van der Waals surface area contributed by atoms with Crippen LogP contribution in [0, 0.1) is 0 Å². The molecule has 1 aromatic carbocycles. The smallest absolute Gasteiger partial charge is 0.234 e. The molecule has 0 bridgehead atoms. The van der Waals surface area contributed by atoms with Crippen molar-refractivity contribution in [2.45, 2.75) is 39.3 Å². The maximum atomic E-state index is 11.6. The van der Waals surface area contributed by atoms with E-state index in [4.69, 9.17) is 0 Å². The predicted octanol–water partition coefficient (Wildman–Crippen LogP) is 1.96. The Morgan fingerprint density at radius 1 is 1.33 bits per heavy atom. The highest BCUT2D eigenvalue weighted by atomic mass is 16.3. The van der Waals surface area contributed by atoms with Gasteiger partial charge in [-0.15, -0.1) is 0 Å². The molecule has 0 saturated carbocycles. The minimum Gasteiger partial charge on any atom is -0.508 e. The number of nitrogens with one attached hydrogen (secondary N) is 2. The Kier molecular flexibility index (Phi) is 4.73. The van der Waals surface area contributed by atoms with Crippen LogP contribution in [0.3, 0.4) is 0 Å². The summed E-state index contributed by atoms with van der Waals surface area (Å²) in [5, 5.41) is 15.7. The highest BCUT2D eigenvalue weighted by Crippen LogP contribution is 2.22. The van der Waals surface area contributed by atoms with Crippen molar-refractivity contribution in [1.82, 2.24) is 10.6 Å². The van der Waals surface area contributed by atoms with Gasteiger partial charge >= 0.3 is 0 Å². The zero-order chi connectivity index (χ0) is 13.8. The molecular formula is C14H22N2O2. The molecule has 4 nitrogen and oxygen atoms in total. The Bertz CT molecular complexity index is 411. The van der Waals surface area contributed by atoms with E-state index in [0.29, 0.717) is 0 Å². The van der Waals surface area contributed by atoms with Crippen LogP contribution in [-0.4, -0.2) is 23.1 Å². The molecule has 0 saturated heterocycles. The standard InChI is InChI=1S/C14H22N2O2/c1-10(11-7-5-6-8-12(11)17)15-9-13(18)16-14(2,3)4/h5-8,10,15,17H,9H2,1-4H3,(H,16,18). The van der Waals surface area contributed by atoms with Gasteiger partial charge in [0, 0.05) is 17.1 Å². The Morgan fingerprint density at radius 2 is 1.94 bits per heavy atom. The second-order valence-electron chi connectivity index (χ2n) is 5.46. The number of aromatic hydroxyl groups is 1. The average molecular weight is 250 g/mol. The van der Waals surface area contributed by atoms with Crippen molar-refractivity contribution in [3.05, 3.63) is 29.8 Å². The predicted molar refractivity (Wildman–Crippen MR) is 72.4 cm³/mol. The van der Waals surface area contributed by atoms with Crippen molar-refractivity contribution in [2.75, 3.05) is 6.54 Å². The lowest BCUT2D eigenvalue weighted by atomic mass is 10.1. The topological polar surface area (TPSA) is 61.4 Å². The lowest BCUT2D eigenvalue weighted by molar-refractivity contribution is -0.121. The highest BCUT2D eigenvalue weighted by Gasteiger charge is 2.15. The highest BCUT2D eigenvalue weighted by molar-refractivity contribution is 5.78. The summed E-state index contributed by atoms with van der Waals surface area (Å²) in [5.41, 5.74) is 0.567.